The molecule has 15 heavy (non-hydrogen) atoms. The predicted octanol–water partition coefficient (Wildman–Crippen LogP) is -1.14. The Morgan fingerprint density at radius 2 is 2.27 bits per heavy atom. The summed E-state index contributed by atoms with van der Waals surface area (Å²) in [6, 6.07) is -0.318. The summed E-state index contributed by atoms with van der Waals surface area (Å²) < 4.78 is 0. The third kappa shape index (κ3) is 3.25. The van der Waals surface area contributed by atoms with Gasteiger partial charge in [-0.25, -0.2) is 4.79 Å². The van der Waals surface area contributed by atoms with Crippen molar-refractivity contribution in [3.05, 3.63) is 6.20 Å². The monoisotopic (exact) mass is 212 g/mol. The number of urea groups is 1. The molecule has 1 rings (SSSR count). The zero-order valence-corrected chi connectivity index (χ0v) is 8.47. The fourth-order valence-corrected chi connectivity index (χ4v) is 0.792. The SMILES string of the molecule is CN(C)C(=O)Nc1cnn(CC(N)=O)n1. The molecule has 0 spiro atoms. The van der Waals surface area contributed by atoms with Gasteiger partial charge in [-0.15, -0.1) is 5.10 Å². The molecule has 0 aliphatic heterocycles. The molecule has 8 heteroatoms. The standard InChI is InChI=1S/C7H12N6O2/c1-12(2)7(15)10-6-3-9-13(11-6)4-5(8)14/h3H,4H2,1-2H3,(H2,8,14)(H,10,11,15). The average Bonchev–Trinajstić information content (AvgIpc) is 2.51. The molecule has 3 N–H and O–H groups in total. The number of nitrogens with one attached hydrogen (secondary N) is 1. The van der Waals surface area contributed by atoms with E-state index in [1.54, 1.807) is 14.1 Å². The van der Waals surface area contributed by atoms with Gasteiger partial charge in [-0.1, -0.05) is 0 Å². The minimum absolute atomic E-state index is 0.113. The number of rotatable bonds is 3. The van der Waals surface area contributed by atoms with E-state index in [4.69, 9.17) is 5.73 Å². The Labute approximate surface area is 86.0 Å². The van der Waals surface area contributed by atoms with Crippen LogP contribution in [-0.4, -0.2) is 45.9 Å². The predicted molar refractivity (Wildman–Crippen MR) is 51.9 cm³/mol. The van der Waals surface area contributed by atoms with E-state index in [2.05, 4.69) is 15.5 Å². The molecule has 0 radical (unpaired) electrons. The van der Waals surface area contributed by atoms with Crippen LogP contribution < -0.4 is 11.1 Å². The van der Waals surface area contributed by atoms with Crippen molar-refractivity contribution in [3.8, 4) is 0 Å². The molecule has 82 valence electrons. The summed E-state index contributed by atoms with van der Waals surface area (Å²) in [6.07, 6.45) is 1.34. The van der Waals surface area contributed by atoms with Crippen LogP contribution in [0.5, 0.6) is 0 Å². The molecule has 1 aromatic heterocycles. The van der Waals surface area contributed by atoms with Gasteiger partial charge in [0.15, 0.2) is 5.82 Å². The van der Waals surface area contributed by atoms with E-state index < -0.39 is 5.91 Å². The number of primary amides is 1. The highest BCUT2D eigenvalue weighted by Gasteiger charge is 2.07. The van der Waals surface area contributed by atoms with Crippen LogP contribution in [0.1, 0.15) is 0 Å². The number of amides is 3. The first-order valence-corrected chi connectivity index (χ1v) is 4.16. The lowest BCUT2D eigenvalue weighted by atomic mass is 10.6. The van der Waals surface area contributed by atoms with Crippen LogP contribution in [0.15, 0.2) is 6.20 Å². The van der Waals surface area contributed by atoms with E-state index in [-0.39, 0.29) is 18.4 Å². The van der Waals surface area contributed by atoms with Gasteiger partial charge < -0.3 is 10.6 Å². The second-order valence-corrected chi connectivity index (χ2v) is 3.05. The van der Waals surface area contributed by atoms with Crippen LogP contribution in [0, 0.1) is 0 Å². The van der Waals surface area contributed by atoms with Crippen LogP contribution >= 0.6 is 0 Å². The van der Waals surface area contributed by atoms with Gasteiger partial charge in [0.2, 0.25) is 5.91 Å². The molecule has 0 aliphatic carbocycles. The summed E-state index contributed by atoms with van der Waals surface area (Å²) in [4.78, 5) is 24.2. The van der Waals surface area contributed by atoms with Crippen molar-refractivity contribution in [2.45, 2.75) is 6.54 Å². The zero-order valence-electron chi connectivity index (χ0n) is 8.47. The molecule has 0 saturated carbocycles. The van der Waals surface area contributed by atoms with Gasteiger partial charge >= 0.3 is 6.03 Å². The van der Waals surface area contributed by atoms with Crippen molar-refractivity contribution >= 4 is 17.8 Å². The number of hydrogen-bond acceptors (Lipinski definition) is 4. The van der Waals surface area contributed by atoms with E-state index in [0.717, 1.165) is 4.80 Å². The number of nitrogens with two attached hydrogens (primary N) is 1. The number of aromatic nitrogens is 3. The van der Waals surface area contributed by atoms with Crippen molar-refractivity contribution in [2.24, 2.45) is 5.73 Å². The molecule has 0 atom stereocenters. The van der Waals surface area contributed by atoms with Crippen molar-refractivity contribution in [2.75, 3.05) is 19.4 Å². The van der Waals surface area contributed by atoms with Crippen molar-refractivity contribution in [1.82, 2.24) is 19.9 Å². The minimum atomic E-state index is -0.545. The lowest BCUT2D eigenvalue weighted by molar-refractivity contribution is -0.118. The van der Waals surface area contributed by atoms with Gasteiger partial charge in [0.05, 0.1) is 6.20 Å². The maximum atomic E-state index is 11.2. The van der Waals surface area contributed by atoms with Gasteiger partial charge in [-0.3, -0.25) is 10.1 Å². The van der Waals surface area contributed by atoms with E-state index in [1.165, 1.54) is 11.1 Å². The van der Waals surface area contributed by atoms with Crippen molar-refractivity contribution < 1.29 is 9.59 Å². The molecule has 0 bridgehead atoms. The molecule has 1 aromatic rings. The molecular formula is C7H12N6O2. The molecule has 0 aromatic carbocycles. The Bertz CT molecular complexity index is 371. The van der Waals surface area contributed by atoms with E-state index in [9.17, 15) is 9.59 Å². The lowest BCUT2D eigenvalue weighted by Gasteiger charge is -2.09. The smallest absolute Gasteiger partial charge is 0.322 e. The van der Waals surface area contributed by atoms with Gasteiger partial charge in [-0.05, 0) is 0 Å². The summed E-state index contributed by atoms with van der Waals surface area (Å²) in [5.74, 6) is -0.272. The minimum Gasteiger partial charge on any atom is -0.368 e. The van der Waals surface area contributed by atoms with Gasteiger partial charge in [0, 0.05) is 14.1 Å². The first kappa shape index (κ1) is 11.0. The van der Waals surface area contributed by atoms with E-state index in [0.29, 0.717) is 0 Å². The summed E-state index contributed by atoms with van der Waals surface area (Å²) in [5, 5.41) is 10.0. The molecule has 1 heterocycles. The van der Waals surface area contributed by atoms with Gasteiger partial charge in [0.25, 0.3) is 0 Å². The van der Waals surface area contributed by atoms with Crippen molar-refractivity contribution in [3.63, 3.8) is 0 Å². The lowest BCUT2D eigenvalue weighted by Crippen LogP contribution is -2.27. The number of anilines is 1. The Morgan fingerprint density at radius 1 is 1.60 bits per heavy atom. The van der Waals surface area contributed by atoms with Crippen molar-refractivity contribution in [1.29, 1.82) is 0 Å². The number of hydrogen-bond donors (Lipinski definition) is 2. The van der Waals surface area contributed by atoms with Crippen LogP contribution in [0.2, 0.25) is 0 Å². The van der Waals surface area contributed by atoms with Crippen LogP contribution in [-0.2, 0) is 11.3 Å². The molecular weight excluding hydrogens is 200 g/mol. The highest BCUT2D eigenvalue weighted by Crippen LogP contribution is 1.99. The third-order valence-corrected chi connectivity index (χ3v) is 1.47. The Balaban J connectivity index is 2.60. The second-order valence-electron chi connectivity index (χ2n) is 3.05. The quantitative estimate of drug-likeness (QED) is 0.660. The highest BCUT2D eigenvalue weighted by atomic mass is 16.2. The first-order chi connectivity index (χ1) is 6.99. The van der Waals surface area contributed by atoms with Crippen LogP contribution in [0.25, 0.3) is 0 Å². The Morgan fingerprint density at radius 3 is 2.80 bits per heavy atom. The first-order valence-electron chi connectivity index (χ1n) is 4.16. The van der Waals surface area contributed by atoms with Gasteiger partial charge in [0.1, 0.15) is 6.54 Å². The molecule has 8 nitrogen and oxygen atoms in total. The summed E-state index contributed by atoms with van der Waals surface area (Å²) in [7, 11) is 3.20. The number of nitrogens with zero attached hydrogens (tertiary/aromatic N) is 4. The molecule has 0 unspecified atom stereocenters. The fourth-order valence-electron chi connectivity index (χ4n) is 0.792. The topological polar surface area (TPSA) is 106 Å². The molecule has 0 saturated heterocycles. The van der Waals surface area contributed by atoms with E-state index in [1.807, 2.05) is 0 Å². The Kier molecular flexibility index (Phi) is 3.21. The highest BCUT2D eigenvalue weighted by molar-refractivity contribution is 5.87. The normalized spacial score (nSPS) is 9.73. The fraction of sp³-hybridized carbons (Fsp3) is 0.429. The third-order valence-electron chi connectivity index (χ3n) is 1.47. The van der Waals surface area contributed by atoms with Crippen LogP contribution in [0.4, 0.5) is 10.6 Å². The van der Waals surface area contributed by atoms with Crippen LogP contribution in [0.3, 0.4) is 0 Å². The molecule has 0 aliphatic rings. The number of carbonyl (C=O) groups excluding carboxylic acids is 2. The van der Waals surface area contributed by atoms with Gasteiger partial charge in [-0.2, -0.15) is 9.90 Å². The maximum absolute atomic E-state index is 11.2. The largest absolute Gasteiger partial charge is 0.368 e. The second kappa shape index (κ2) is 4.40. The summed E-state index contributed by atoms with van der Waals surface area (Å²) in [6.45, 7) is -0.113. The summed E-state index contributed by atoms with van der Waals surface area (Å²) in [5.41, 5.74) is 4.95. The maximum Gasteiger partial charge on any atom is 0.322 e. The zero-order chi connectivity index (χ0) is 11.4. The molecule has 0 fully saturated rings. The summed E-state index contributed by atoms with van der Waals surface area (Å²) >= 11 is 0. The van der Waals surface area contributed by atoms with E-state index >= 15 is 0 Å². The Hall–Kier alpha value is -2.12. The average molecular weight is 212 g/mol. The number of carbonyl (C=O) groups is 2. The molecule has 3 amide bonds.